The molecule has 1 saturated heterocycles. The van der Waals surface area contributed by atoms with Crippen LogP contribution in [0, 0.1) is 5.41 Å². The van der Waals surface area contributed by atoms with Crippen LogP contribution < -0.4 is 5.32 Å². The third kappa shape index (κ3) is 3.37. The second kappa shape index (κ2) is 5.64. The molecule has 1 aromatic rings. The van der Waals surface area contributed by atoms with Gasteiger partial charge in [0.2, 0.25) is 11.8 Å². The Morgan fingerprint density at radius 3 is 2.70 bits per heavy atom. The van der Waals surface area contributed by atoms with Gasteiger partial charge in [-0.15, -0.1) is 0 Å². The van der Waals surface area contributed by atoms with E-state index in [1.54, 1.807) is 15.8 Å². The van der Waals surface area contributed by atoms with E-state index in [9.17, 15) is 9.59 Å². The van der Waals surface area contributed by atoms with Gasteiger partial charge in [0.15, 0.2) is 0 Å². The van der Waals surface area contributed by atoms with Gasteiger partial charge in [0.1, 0.15) is 6.04 Å². The van der Waals surface area contributed by atoms with Crippen LogP contribution in [0.2, 0.25) is 0 Å². The molecule has 6 heteroatoms. The Balaban J connectivity index is 2.07. The second-order valence-electron chi connectivity index (χ2n) is 6.21. The number of amides is 2. The molecule has 1 fully saturated rings. The molecule has 1 unspecified atom stereocenters. The van der Waals surface area contributed by atoms with Crippen LogP contribution in [0.3, 0.4) is 0 Å². The zero-order chi connectivity index (χ0) is 14.8. The SMILES string of the molecule is CC(C)(C)C1NC(=O)CCN(CCn2cccn2)C1=O. The van der Waals surface area contributed by atoms with Crippen molar-refractivity contribution < 1.29 is 9.59 Å². The maximum absolute atomic E-state index is 12.6. The first-order chi connectivity index (χ1) is 9.38. The number of nitrogens with one attached hydrogen (secondary N) is 1. The lowest BCUT2D eigenvalue weighted by Gasteiger charge is -2.32. The molecule has 0 aromatic carbocycles. The topological polar surface area (TPSA) is 67.2 Å². The van der Waals surface area contributed by atoms with E-state index < -0.39 is 6.04 Å². The van der Waals surface area contributed by atoms with Gasteiger partial charge in [-0.05, 0) is 11.5 Å². The average Bonchev–Trinajstić information content (AvgIpc) is 2.82. The van der Waals surface area contributed by atoms with E-state index in [1.165, 1.54) is 0 Å². The van der Waals surface area contributed by atoms with Gasteiger partial charge in [0.25, 0.3) is 0 Å². The minimum atomic E-state index is -0.463. The lowest BCUT2D eigenvalue weighted by molar-refractivity contribution is -0.136. The third-order valence-corrected chi connectivity index (χ3v) is 3.50. The summed E-state index contributed by atoms with van der Waals surface area (Å²) in [6, 6.07) is 1.39. The molecule has 0 aliphatic carbocycles. The number of carbonyl (C=O) groups is 2. The van der Waals surface area contributed by atoms with Gasteiger partial charge in [-0.3, -0.25) is 14.3 Å². The fourth-order valence-electron chi connectivity index (χ4n) is 2.29. The highest BCUT2D eigenvalue weighted by molar-refractivity contribution is 5.90. The largest absolute Gasteiger partial charge is 0.344 e. The Kier molecular flexibility index (Phi) is 4.11. The van der Waals surface area contributed by atoms with Crippen LogP contribution in [0.4, 0.5) is 0 Å². The molecule has 1 aliphatic heterocycles. The van der Waals surface area contributed by atoms with E-state index >= 15 is 0 Å². The highest BCUT2D eigenvalue weighted by Gasteiger charge is 2.37. The van der Waals surface area contributed by atoms with Crippen molar-refractivity contribution in [3.05, 3.63) is 18.5 Å². The molecule has 1 aliphatic rings. The Morgan fingerprint density at radius 2 is 2.10 bits per heavy atom. The first-order valence-electron chi connectivity index (χ1n) is 6.93. The minimum Gasteiger partial charge on any atom is -0.344 e. The number of aromatic nitrogens is 2. The zero-order valence-electron chi connectivity index (χ0n) is 12.3. The van der Waals surface area contributed by atoms with E-state index in [-0.39, 0.29) is 17.2 Å². The van der Waals surface area contributed by atoms with Crippen molar-refractivity contribution in [2.24, 2.45) is 5.41 Å². The molecule has 110 valence electrons. The summed E-state index contributed by atoms with van der Waals surface area (Å²) in [6.45, 7) is 7.58. The monoisotopic (exact) mass is 278 g/mol. The molecule has 0 saturated carbocycles. The predicted molar refractivity (Wildman–Crippen MR) is 74.8 cm³/mol. The number of hydrogen-bond acceptors (Lipinski definition) is 3. The van der Waals surface area contributed by atoms with Crippen LogP contribution in [0.5, 0.6) is 0 Å². The molecule has 2 heterocycles. The van der Waals surface area contributed by atoms with Crippen molar-refractivity contribution in [2.45, 2.75) is 39.8 Å². The van der Waals surface area contributed by atoms with Gasteiger partial charge < -0.3 is 10.2 Å². The van der Waals surface area contributed by atoms with Gasteiger partial charge in [-0.25, -0.2) is 0 Å². The molecule has 0 radical (unpaired) electrons. The smallest absolute Gasteiger partial charge is 0.245 e. The van der Waals surface area contributed by atoms with Crippen LogP contribution in [-0.2, 0) is 16.1 Å². The maximum atomic E-state index is 12.6. The molecular weight excluding hydrogens is 256 g/mol. The molecule has 0 spiro atoms. The highest BCUT2D eigenvalue weighted by Crippen LogP contribution is 2.22. The fraction of sp³-hybridized carbons (Fsp3) is 0.643. The summed E-state index contributed by atoms with van der Waals surface area (Å²) in [4.78, 5) is 26.1. The molecule has 6 nitrogen and oxygen atoms in total. The van der Waals surface area contributed by atoms with Crippen molar-refractivity contribution in [1.82, 2.24) is 20.0 Å². The van der Waals surface area contributed by atoms with E-state index in [1.807, 2.05) is 33.0 Å². The number of carbonyl (C=O) groups excluding carboxylic acids is 2. The van der Waals surface area contributed by atoms with Crippen molar-refractivity contribution >= 4 is 11.8 Å². The maximum Gasteiger partial charge on any atom is 0.245 e. The zero-order valence-corrected chi connectivity index (χ0v) is 12.3. The summed E-state index contributed by atoms with van der Waals surface area (Å²) in [5.74, 6) is -0.0598. The third-order valence-electron chi connectivity index (χ3n) is 3.50. The van der Waals surface area contributed by atoms with Crippen LogP contribution in [-0.4, -0.2) is 45.6 Å². The molecule has 1 N–H and O–H groups in total. The molecule has 1 aromatic heterocycles. The van der Waals surface area contributed by atoms with Crippen LogP contribution in [0.15, 0.2) is 18.5 Å². The summed E-state index contributed by atoms with van der Waals surface area (Å²) in [7, 11) is 0. The summed E-state index contributed by atoms with van der Waals surface area (Å²) in [5.41, 5.74) is -0.291. The Labute approximate surface area is 119 Å². The predicted octanol–water partition coefficient (Wildman–Crippen LogP) is 0.646. The number of hydrogen-bond donors (Lipinski definition) is 1. The van der Waals surface area contributed by atoms with Gasteiger partial charge in [-0.2, -0.15) is 5.10 Å². The average molecular weight is 278 g/mol. The van der Waals surface area contributed by atoms with Crippen LogP contribution >= 0.6 is 0 Å². The van der Waals surface area contributed by atoms with E-state index in [4.69, 9.17) is 0 Å². The lowest BCUT2D eigenvalue weighted by Crippen LogP contribution is -2.52. The molecule has 1 atom stereocenters. The summed E-state index contributed by atoms with van der Waals surface area (Å²) >= 11 is 0. The first-order valence-corrected chi connectivity index (χ1v) is 6.93. The summed E-state index contributed by atoms with van der Waals surface area (Å²) in [5, 5.41) is 6.97. The van der Waals surface area contributed by atoms with E-state index in [2.05, 4.69) is 10.4 Å². The number of rotatable bonds is 3. The summed E-state index contributed by atoms with van der Waals surface area (Å²) in [6.07, 6.45) is 3.94. The first kappa shape index (κ1) is 14.6. The van der Waals surface area contributed by atoms with Crippen LogP contribution in [0.1, 0.15) is 27.2 Å². The van der Waals surface area contributed by atoms with E-state index in [0.717, 1.165) is 0 Å². The summed E-state index contributed by atoms with van der Waals surface area (Å²) < 4.78 is 1.79. The molecular formula is C14H22N4O2. The Morgan fingerprint density at radius 1 is 1.35 bits per heavy atom. The van der Waals surface area contributed by atoms with E-state index in [0.29, 0.717) is 26.1 Å². The Hall–Kier alpha value is -1.85. The quantitative estimate of drug-likeness (QED) is 0.882. The minimum absolute atomic E-state index is 0.00416. The lowest BCUT2D eigenvalue weighted by atomic mass is 9.86. The standard InChI is InChI=1S/C14H22N4O2/c1-14(2,3)12-13(20)17(8-5-11(19)16-12)9-10-18-7-4-6-15-18/h4,6-7,12H,5,8-10H2,1-3H3,(H,16,19). The van der Waals surface area contributed by atoms with Crippen molar-refractivity contribution in [3.63, 3.8) is 0 Å². The van der Waals surface area contributed by atoms with Gasteiger partial charge in [0, 0.05) is 31.9 Å². The fourth-order valence-corrected chi connectivity index (χ4v) is 2.29. The van der Waals surface area contributed by atoms with Crippen molar-refractivity contribution in [3.8, 4) is 0 Å². The Bertz CT molecular complexity index is 476. The normalized spacial score (nSPS) is 20.8. The van der Waals surface area contributed by atoms with Gasteiger partial charge in [0.05, 0.1) is 6.54 Å². The number of nitrogens with zero attached hydrogens (tertiary/aromatic N) is 3. The van der Waals surface area contributed by atoms with Gasteiger partial charge in [-0.1, -0.05) is 20.8 Å². The molecule has 2 rings (SSSR count). The molecule has 20 heavy (non-hydrogen) atoms. The second-order valence-corrected chi connectivity index (χ2v) is 6.21. The molecule has 2 amide bonds. The van der Waals surface area contributed by atoms with Crippen molar-refractivity contribution in [2.75, 3.05) is 13.1 Å². The van der Waals surface area contributed by atoms with Crippen LogP contribution in [0.25, 0.3) is 0 Å². The highest BCUT2D eigenvalue weighted by atomic mass is 16.2. The molecule has 0 bridgehead atoms. The van der Waals surface area contributed by atoms with Crippen molar-refractivity contribution in [1.29, 1.82) is 0 Å². The van der Waals surface area contributed by atoms with Gasteiger partial charge >= 0.3 is 0 Å².